The van der Waals surface area contributed by atoms with Gasteiger partial charge < -0.3 is 10.2 Å². The second-order valence-corrected chi connectivity index (χ2v) is 3.21. The fraction of sp³-hybridized carbons (Fsp3) is 0.273. The molecule has 84 valence electrons. The molecule has 0 spiro atoms. The Morgan fingerprint density at radius 1 is 1.56 bits per heavy atom. The third-order valence-corrected chi connectivity index (χ3v) is 2.17. The highest BCUT2D eigenvalue weighted by Gasteiger charge is 2.21. The molecular formula is C11H10FNO3. The quantitative estimate of drug-likeness (QED) is 0.808. The Morgan fingerprint density at radius 2 is 2.25 bits per heavy atom. The van der Waals surface area contributed by atoms with Crippen LogP contribution in [0, 0.1) is 17.1 Å². The van der Waals surface area contributed by atoms with Gasteiger partial charge >= 0.3 is 5.97 Å². The molecule has 1 rings (SSSR count). The zero-order chi connectivity index (χ0) is 12.1. The van der Waals surface area contributed by atoms with Gasteiger partial charge in [0.2, 0.25) is 0 Å². The molecule has 0 bridgehead atoms. The Bertz CT molecular complexity index is 439. The molecule has 1 unspecified atom stereocenters. The van der Waals surface area contributed by atoms with Crippen LogP contribution >= 0.6 is 0 Å². The van der Waals surface area contributed by atoms with Crippen LogP contribution < -0.4 is 0 Å². The molecule has 0 heterocycles. The number of carboxylic acid groups (broad SMARTS) is 1. The number of aliphatic carboxylic acids is 1. The third kappa shape index (κ3) is 2.55. The van der Waals surface area contributed by atoms with Crippen LogP contribution in [0.2, 0.25) is 0 Å². The molecule has 2 N–H and O–H groups in total. The van der Waals surface area contributed by atoms with E-state index in [4.69, 9.17) is 10.4 Å². The molecule has 0 amide bonds. The Kier molecular flexibility index (Phi) is 3.97. The van der Waals surface area contributed by atoms with Gasteiger partial charge in [0.1, 0.15) is 5.82 Å². The normalized spacial score (nSPS) is 11.8. The number of carboxylic acids is 1. The van der Waals surface area contributed by atoms with Crippen LogP contribution in [0.15, 0.2) is 18.2 Å². The lowest BCUT2D eigenvalue weighted by Gasteiger charge is -2.11. The number of benzene rings is 1. The summed E-state index contributed by atoms with van der Waals surface area (Å²) >= 11 is 0. The maximum absolute atomic E-state index is 13.4. The van der Waals surface area contributed by atoms with Crippen molar-refractivity contribution in [2.24, 2.45) is 0 Å². The summed E-state index contributed by atoms with van der Waals surface area (Å²) in [6.45, 7) is 0. The molecule has 0 aromatic heterocycles. The molecule has 0 saturated heterocycles. The average molecular weight is 223 g/mol. The Labute approximate surface area is 91.6 Å². The van der Waals surface area contributed by atoms with Gasteiger partial charge in [-0.2, -0.15) is 5.26 Å². The van der Waals surface area contributed by atoms with E-state index in [0.29, 0.717) is 0 Å². The monoisotopic (exact) mass is 223 g/mol. The largest absolute Gasteiger partial charge is 0.479 e. The molecule has 4 nitrogen and oxygen atoms in total. The van der Waals surface area contributed by atoms with Crippen LogP contribution in [-0.4, -0.2) is 16.2 Å². The van der Waals surface area contributed by atoms with Crippen molar-refractivity contribution in [1.29, 1.82) is 5.26 Å². The van der Waals surface area contributed by atoms with Gasteiger partial charge in [-0.3, -0.25) is 0 Å². The fourth-order valence-electron chi connectivity index (χ4n) is 1.41. The zero-order valence-corrected chi connectivity index (χ0v) is 8.35. The second kappa shape index (κ2) is 5.24. The molecular weight excluding hydrogens is 213 g/mol. The summed E-state index contributed by atoms with van der Waals surface area (Å²) in [5.74, 6) is -2.04. The van der Waals surface area contributed by atoms with Crippen molar-refractivity contribution in [1.82, 2.24) is 0 Å². The molecule has 0 aliphatic rings. The van der Waals surface area contributed by atoms with E-state index < -0.39 is 17.9 Å². The topological polar surface area (TPSA) is 81.3 Å². The van der Waals surface area contributed by atoms with Gasteiger partial charge in [0.15, 0.2) is 6.10 Å². The SMILES string of the molecule is N#CCCc1c(F)cccc1C(O)C(=O)O. The lowest BCUT2D eigenvalue weighted by Crippen LogP contribution is -2.13. The van der Waals surface area contributed by atoms with Gasteiger partial charge in [0, 0.05) is 6.42 Å². The van der Waals surface area contributed by atoms with Crippen molar-refractivity contribution < 1.29 is 19.4 Å². The van der Waals surface area contributed by atoms with Crippen molar-refractivity contribution in [2.45, 2.75) is 18.9 Å². The highest BCUT2D eigenvalue weighted by molar-refractivity contribution is 5.74. The molecule has 0 radical (unpaired) electrons. The van der Waals surface area contributed by atoms with Gasteiger partial charge in [-0.25, -0.2) is 9.18 Å². The summed E-state index contributed by atoms with van der Waals surface area (Å²) in [6, 6.07) is 5.68. The Morgan fingerprint density at radius 3 is 2.81 bits per heavy atom. The fourth-order valence-corrected chi connectivity index (χ4v) is 1.41. The van der Waals surface area contributed by atoms with E-state index in [2.05, 4.69) is 0 Å². The number of nitriles is 1. The molecule has 0 fully saturated rings. The number of carbonyl (C=O) groups is 1. The Balaban J connectivity index is 3.12. The maximum Gasteiger partial charge on any atom is 0.337 e. The lowest BCUT2D eigenvalue weighted by molar-refractivity contribution is -0.147. The summed E-state index contributed by atoms with van der Waals surface area (Å²) in [6.07, 6.45) is -1.60. The van der Waals surface area contributed by atoms with Gasteiger partial charge in [-0.15, -0.1) is 0 Å². The smallest absolute Gasteiger partial charge is 0.337 e. The molecule has 1 aromatic rings. The molecule has 5 heteroatoms. The first-order chi connectivity index (χ1) is 7.57. The summed E-state index contributed by atoms with van der Waals surface area (Å²) in [4.78, 5) is 10.6. The van der Waals surface area contributed by atoms with E-state index >= 15 is 0 Å². The van der Waals surface area contributed by atoms with Crippen molar-refractivity contribution in [3.05, 3.63) is 35.1 Å². The number of rotatable bonds is 4. The summed E-state index contributed by atoms with van der Waals surface area (Å²) in [5, 5.41) is 26.4. The molecule has 1 atom stereocenters. The van der Waals surface area contributed by atoms with Crippen molar-refractivity contribution in [3.63, 3.8) is 0 Å². The predicted molar refractivity (Wildman–Crippen MR) is 52.9 cm³/mol. The van der Waals surface area contributed by atoms with E-state index in [0.717, 1.165) is 0 Å². The summed E-state index contributed by atoms with van der Waals surface area (Å²) in [7, 11) is 0. The number of aliphatic hydroxyl groups excluding tert-OH is 1. The van der Waals surface area contributed by atoms with Gasteiger partial charge in [-0.05, 0) is 23.6 Å². The minimum atomic E-state index is -1.76. The predicted octanol–water partition coefficient (Wildman–Crippen LogP) is 1.40. The minimum Gasteiger partial charge on any atom is -0.479 e. The van der Waals surface area contributed by atoms with E-state index in [1.54, 1.807) is 0 Å². The first kappa shape index (κ1) is 12.1. The highest BCUT2D eigenvalue weighted by atomic mass is 19.1. The van der Waals surface area contributed by atoms with Gasteiger partial charge in [-0.1, -0.05) is 12.1 Å². The van der Waals surface area contributed by atoms with Gasteiger partial charge in [0.25, 0.3) is 0 Å². The van der Waals surface area contributed by atoms with Crippen LogP contribution in [0.5, 0.6) is 0 Å². The highest BCUT2D eigenvalue weighted by Crippen LogP contribution is 2.22. The number of halogens is 1. The van der Waals surface area contributed by atoms with E-state index in [9.17, 15) is 14.3 Å². The number of aliphatic hydroxyl groups is 1. The van der Waals surface area contributed by atoms with Crippen molar-refractivity contribution in [2.75, 3.05) is 0 Å². The van der Waals surface area contributed by atoms with Crippen LogP contribution in [0.3, 0.4) is 0 Å². The van der Waals surface area contributed by atoms with Crippen LogP contribution in [-0.2, 0) is 11.2 Å². The van der Waals surface area contributed by atoms with Crippen LogP contribution in [0.1, 0.15) is 23.7 Å². The lowest BCUT2D eigenvalue weighted by atomic mass is 9.98. The first-order valence-corrected chi connectivity index (χ1v) is 4.63. The summed E-state index contributed by atoms with van der Waals surface area (Å²) in [5.41, 5.74) is 0.0849. The number of hydrogen-bond acceptors (Lipinski definition) is 3. The van der Waals surface area contributed by atoms with Crippen LogP contribution in [0.25, 0.3) is 0 Å². The van der Waals surface area contributed by atoms with Crippen LogP contribution in [0.4, 0.5) is 4.39 Å². The second-order valence-electron chi connectivity index (χ2n) is 3.21. The molecule has 0 aliphatic heterocycles. The van der Waals surface area contributed by atoms with Gasteiger partial charge in [0.05, 0.1) is 6.07 Å². The van der Waals surface area contributed by atoms with E-state index in [1.807, 2.05) is 6.07 Å². The number of nitrogens with zero attached hydrogens (tertiary/aromatic N) is 1. The molecule has 16 heavy (non-hydrogen) atoms. The maximum atomic E-state index is 13.4. The summed E-state index contributed by atoms with van der Waals surface area (Å²) < 4.78 is 13.4. The van der Waals surface area contributed by atoms with E-state index in [1.165, 1.54) is 18.2 Å². The molecule has 0 saturated carbocycles. The third-order valence-electron chi connectivity index (χ3n) is 2.17. The molecule has 0 aliphatic carbocycles. The standard InChI is InChI=1S/C11H10FNO3/c12-9-5-1-3-8(10(14)11(15)16)7(9)4-2-6-13/h1,3,5,10,14H,2,4H2,(H,15,16). The van der Waals surface area contributed by atoms with Crippen molar-refractivity contribution >= 4 is 5.97 Å². The first-order valence-electron chi connectivity index (χ1n) is 4.63. The Hall–Kier alpha value is -1.93. The van der Waals surface area contributed by atoms with Crippen molar-refractivity contribution in [3.8, 4) is 6.07 Å². The van der Waals surface area contributed by atoms with E-state index in [-0.39, 0.29) is 24.0 Å². The zero-order valence-electron chi connectivity index (χ0n) is 8.35. The minimum absolute atomic E-state index is 0.00255. The number of hydrogen-bond donors (Lipinski definition) is 2. The molecule has 1 aromatic carbocycles. The average Bonchev–Trinajstić information content (AvgIpc) is 2.26.